The Morgan fingerprint density at radius 1 is 1.35 bits per heavy atom. The Hall–Kier alpha value is -1.37. The molecule has 0 aromatic heterocycles. The zero-order valence-corrected chi connectivity index (χ0v) is 12.8. The van der Waals surface area contributed by atoms with Gasteiger partial charge in [-0.25, -0.2) is 0 Å². The van der Waals surface area contributed by atoms with Crippen LogP contribution in [0.5, 0.6) is 0 Å². The third-order valence-corrected chi connectivity index (χ3v) is 4.44. The van der Waals surface area contributed by atoms with Crippen molar-refractivity contribution in [1.29, 1.82) is 5.26 Å². The molecule has 1 aliphatic heterocycles. The van der Waals surface area contributed by atoms with Crippen LogP contribution in [-0.4, -0.2) is 31.6 Å². The number of nitrogens with one attached hydrogen (secondary N) is 1. The highest BCUT2D eigenvalue weighted by atomic mass is 15.2. The molecule has 3 heteroatoms. The van der Waals surface area contributed by atoms with E-state index in [0.29, 0.717) is 5.41 Å². The van der Waals surface area contributed by atoms with Gasteiger partial charge in [-0.15, -0.1) is 0 Å². The van der Waals surface area contributed by atoms with Crippen molar-refractivity contribution in [2.45, 2.75) is 32.2 Å². The van der Waals surface area contributed by atoms with Gasteiger partial charge in [-0.2, -0.15) is 5.26 Å². The molecule has 1 aromatic rings. The first-order valence-electron chi connectivity index (χ1n) is 7.39. The molecule has 0 spiro atoms. The molecule has 0 radical (unpaired) electrons. The van der Waals surface area contributed by atoms with Gasteiger partial charge in [0.2, 0.25) is 0 Å². The molecular formula is C17H25N3. The molecule has 1 heterocycles. The van der Waals surface area contributed by atoms with Crippen LogP contribution in [0.3, 0.4) is 0 Å². The fourth-order valence-electron chi connectivity index (χ4n) is 3.05. The summed E-state index contributed by atoms with van der Waals surface area (Å²) in [6.07, 6.45) is 2.07. The molecule has 3 nitrogen and oxygen atoms in total. The number of nitrogens with zero attached hydrogens (tertiary/aromatic N) is 2. The first-order chi connectivity index (χ1) is 9.51. The number of nitriles is 1. The van der Waals surface area contributed by atoms with Gasteiger partial charge in [-0.05, 0) is 37.4 Å². The largest absolute Gasteiger partial charge is 0.303 e. The van der Waals surface area contributed by atoms with Crippen LogP contribution >= 0.6 is 0 Å². The van der Waals surface area contributed by atoms with Crippen LogP contribution in [0.25, 0.3) is 0 Å². The molecule has 108 valence electrons. The van der Waals surface area contributed by atoms with Gasteiger partial charge in [0.25, 0.3) is 0 Å². The summed E-state index contributed by atoms with van der Waals surface area (Å²) in [5.41, 5.74) is 0.902. The van der Waals surface area contributed by atoms with Crippen molar-refractivity contribution in [2.75, 3.05) is 26.7 Å². The number of likely N-dealkylation sites (tertiary alicyclic amines) is 1. The van der Waals surface area contributed by atoms with Crippen molar-refractivity contribution < 1.29 is 0 Å². The highest BCUT2D eigenvalue weighted by molar-refractivity contribution is 5.31. The molecule has 1 atom stereocenters. The number of hydrogen-bond donors (Lipinski definition) is 1. The van der Waals surface area contributed by atoms with Gasteiger partial charge in [-0.1, -0.05) is 44.2 Å². The molecule has 2 rings (SSSR count). The van der Waals surface area contributed by atoms with Crippen LogP contribution in [0.2, 0.25) is 0 Å². The lowest BCUT2D eigenvalue weighted by Crippen LogP contribution is -2.41. The van der Waals surface area contributed by atoms with E-state index in [2.05, 4.69) is 30.1 Å². The summed E-state index contributed by atoms with van der Waals surface area (Å²) >= 11 is 0. The summed E-state index contributed by atoms with van der Waals surface area (Å²) in [6.45, 7) is 7.88. The maximum atomic E-state index is 9.68. The van der Waals surface area contributed by atoms with Crippen molar-refractivity contribution >= 4 is 0 Å². The van der Waals surface area contributed by atoms with Crippen LogP contribution in [-0.2, 0) is 5.54 Å². The third-order valence-electron chi connectivity index (χ3n) is 4.44. The van der Waals surface area contributed by atoms with E-state index in [0.717, 1.165) is 31.6 Å². The summed E-state index contributed by atoms with van der Waals surface area (Å²) in [5.74, 6) is 0. The zero-order valence-electron chi connectivity index (χ0n) is 12.8. The Morgan fingerprint density at radius 2 is 2.05 bits per heavy atom. The van der Waals surface area contributed by atoms with E-state index in [4.69, 9.17) is 0 Å². The molecule has 0 bridgehead atoms. The Bertz CT molecular complexity index is 475. The Balaban J connectivity index is 2.06. The second kappa shape index (κ2) is 5.95. The van der Waals surface area contributed by atoms with E-state index in [-0.39, 0.29) is 0 Å². The molecule has 1 aliphatic rings. The summed E-state index contributed by atoms with van der Waals surface area (Å²) < 4.78 is 0. The molecule has 0 amide bonds. The Kier molecular flexibility index (Phi) is 4.47. The van der Waals surface area contributed by atoms with Gasteiger partial charge in [-0.3, -0.25) is 5.32 Å². The van der Waals surface area contributed by atoms with Crippen molar-refractivity contribution in [1.82, 2.24) is 10.2 Å². The van der Waals surface area contributed by atoms with Gasteiger partial charge in [0.05, 0.1) is 6.07 Å². The molecule has 1 fully saturated rings. The van der Waals surface area contributed by atoms with Gasteiger partial charge in [0.15, 0.2) is 0 Å². The molecule has 1 aromatic carbocycles. The molecule has 1 N–H and O–H groups in total. The summed E-state index contributed by atoms with van der Waals surface area (Å²) in [5, 5.41) is 12.9. The van der Waals surface area contributed by atoms with Crippen LogP contribution in [0.1, 0.15) is 32.3 Å². The Morgan fingerprint density at radius 3 is 2.55 bits per heavy atom. The second-order valence-corrected chi connectivity index (χ2v) is 6.57. The third kappa shape index (κ3) is 3.20. The first-order valence-corrected chi connectivity index (χ1v) is 7.39. The SMILES string of the molecule is CNC(C#N)(CCN1CCC(C)(C)C1)c1ccccc1. The van der Waals surface area contributed by atoms with E-state index in [1.807, 2.05) is 37.4 Å². The minimum absolute atomic E-state index is 0.418. The monoisotopic (exact) mass is 271 g/mol. The van der Waals surface area contributed by atoms with Crippen LogP contribution in [0.15, 0.2) is 30.3 Å². The van der Waals surface area contributed by atoms with Crippen molar-refractivity contribution in [2.24, 2.45) is 5.41 Å². The number of benzene rings is 1. The van der Waals surface area contributed by atoms with E-state index in [9.17, 15) is 5.26 Å². The lowest BCUT2D eigenvalue weighted by Gasteiger charge is -2.29. The van der Waals surface area contributed by atoms with Gasteiger partial charge in [0, 0.05) is 13.1 Å². The summed E-state index contributed by atoms with van der Waals surface area (Å²) in [4.78, 5) is 2.48. The van der Waals surface area contributed by atoms with E-state index in [1.165, 1.54) is 6.42 Å². The maximum Gasteiger partial charge on any atom is 0.133 e. The smallest absolute Gasteiger partial charge is 0.133 e. The van der Waals surface area contributed by atoms with Crippen molar-refractivity contribution in [3.63, 3.8) is 0 Å². The van der Waals surface area contributed by atoms with Crippen molar-refractivity contribution in [3.8, 4) is 6.07 Å². The average Bonchev–Trinajstić information content (AvgIpc) is 2.81. The maximum absolute atomic E-state index is 9.68. The molecule has 20 heavy (non-hydrogen) atoms. The van der Waals surface area contributed by atoms with Crippen LogP contribution < -0.4 is 5.32 Å². The molecule has 1 saturated heterocycles. The Labute approximate surface area is 122 Å². The lowest BCUT2D eigenvalue weighted by molar-refractivity contribution is 0.260. The molecule has 0 aliphatic carbocycles. The van der Waals surface area contributed by atoms with E-state index < -0.39 is 5.54 Å². The molecular weight excluding hydrogens is 246 g/mol. The fraction of sp³-hybridized carbons (Fsp3) is 0.588. The normalized spacial score (nSPS) is 21.3. The summed E-state index contributed by atoms with van der Waals surface area (Å²) in [6, 6.07) is 12.5. The van der Waals surface area contributed by atoms with Crippen LogP contribution in [0, 0.1) is 16.7 Å². The molecule has 0 saturated carbocycles. The van der Waals surface area contributed by atoms with Crippen molar-refractivity contribution in [3.05, 3.63) is 35.9 Å². The predicted octanol–water partition coefficient (Wildman–Crippen LogP) is 2.75. The van der Waals surface area contributed by atoms with Gasteiger partial charge in [0.1, 0.15) is 5.54 Å². The highest BCUT2D eigenvalue weighted by Gasteiger charge is 2.34. The standard InChI is InChI=1S/C17H25N3/c1-16(2)9-11-20(14-16)12-10-17(13-18,19-3)15-7-5-4-6-8-15/h4-8,19H,9-12,14H2,1-3H3. The fourth-order valence-corrected chi connectivity index (χ4v) is 3.05. The summed E-state index contributed by atoms with van der Waals surface area (Å²) in [7, 11) is 1.88. The minimum atomic E-state index is -0.575. The predicted molar refractivity (Wildman–Crippen MR) is 82.2 cm³/mol. The minimum Gasteiger partial charge on any atom is -0.303 e. The van der Waals surface area contributed by atoms with Crippen LogP contribution in [0.4, 0.5) is 0 Å². The van der Waals surface area contributed by atoms with Gasteiger partial charge < -0.3 is 4.90 Å². The quantitative estimate of drug-likeness (QED) is 0.895. The highest BCUT2D eigenvalue weighted by Crippen LogP contribution is 2.31. The van der Waals surface area contributed by atoms with E-state index in [1.54, 1.807) is 0 Å². The second-order valence-electron chi connectivity index (χ2n) is 6.57. The first kappa shape index (κ1) is 15.0. The number of hydrogen-bond acceptors (Lipinski definition) is 3. The lowest BCUT2D eigenvalue weighted by atomic mass is 9.88. The zero-order chi connectivity index (χ0) is 14.6. The van der Waals surface area contributed by atoms with Gasteiger partial charge >= 0.3 is 0 Å². The topological polar surface area (TPSA) is 39.1 Å². The van der Waals surface area contributed by atoms with E-state index >= 15 is 0 Å². The molecule has 1 unspecified atom stereocenters. The average molecular weight is 271 g/mol. The number of rotatable bonds is 5.